The number of benzene rings is 3. The first-order chi connectivity index (χ1) is 16.7. The Bertz CT molecular complexity index is 1460. The monoisotopic (exact) mass is 491 g/mol. The van der Waals surface area contributed by atoms with E-state index in [4.69, 9.17) is 9.47 Å². The lowest BCUT2D eigenvalue weighted by Gasteiger charge is -2.16. The van der Waals surface area contributed by atoms with Gasteiger partial charge in [-0.2, -0.15) is 0 Å². The first kappa shape index (κ1) is 23.1. The molecule has 3 aromatic rings. The maximum absolute atomic E-state index is 13.4. The molecule has 1 heterocycles. The third kappa shape index (κ3) is 4.41. The Kier molecular flexibility index (Phi) is 5.63. The molecule has 0 radical (unpaired) electrons. The van der Waals surface area contributed by atoms with Crippen molar-refractivity contribution in [1.82, 2.24) is 4.72 Å². The van der Waals surface area contributed by atoms with E-state index in [1.807, 2.05) is 54.1 Å². The van der Waals surface area contributed by atoms with E-state index >= 15 is 0 Å². The number of ether oxygens (including phenoxy) is 2. The zero-order valence-electron chi connectivity index (χ0n) is 19.5. The fraction of sp³-hybridized carbons (Fsp3) is 0.259. The van der Waals surface area contributed by atoms with Gasteiger partial charge in [0.2, 0.25) is 12.7 Å². The van der Waals surface area contributed by atoms with Crippen LogP contribution in [0.1, 0.15) is 36.5 Å². The van der Waals surface area contributed by atoms with E-state index in [2.05, 4.69) is 0 Å². The molecule has 3 aromatic carbocycles. The van der Waals surface area contributed by atoms with Gasteiger partial charge in [0.05, 0.1) is 10.3 Å². The molecule has 0 aromatic heterocycles. The summed E-state index contributed by atoms with van der Waals surface area (Å²) in [5.41, 5.74) is 3.79. The maximum Gasteiger partial charge on any atom is 0.264 e. The molecule has 1 saturated carbocycles. The molecule has 5 rings (SSSR count). The van der Waals surface area contributed by atoms with Crippen molar-refractivity contribution < 1.29 is 27.5 Å². The van der Waals surface area contributed by atoms with Gasteiger partial charge in [-0.25, -0.2) is 13.1 Å². The van der Waals surface area contributed by atoms with Crippen molar-refractivity contribution in [2.24, 2.45) is 0 Å². The third-order valence-electron chi connectivity index (χ3n) is 6.61. The summed E-state index contributed by atoms with van der Waals surface area (Å²) < 4.78 is 37.8. The fourth-order valence-corrected chi connectivity index (χ4v) is 5.61. The number of amides is 1. The number of ketones is 1. The number of aryl methyl sites for hydroxylation is 1. The van der Waals surface area contributed by atoms with Crippen LogP contribution in [0.2, 0.25) is 0 Å². The first-order valence-corrected chi connectivity index (χ1v) is 12.8. The van der Waals surface area contributed by atoms with Crippen molar-refractivity contribution in [1.29, 1.82) is 0 Å². The van der Waals surface area contributed by atoms with Crippen LogP contribution in [-0.4, -0.2) is 26.9 Å². The fourth-order valence-electron chi connectivity index (χ4n) is 4.57. The number of sulfonamides is 1. The number of hydrogen-bond acceptors (Lipinski definition) is 6. The number of carbonyl (C=O) groups excluding carboxylic acids is 2. The number of fused-ring (bicyclic) bond motifs is 1. The largest absolute Gasteiger partial charge is 0.454 e. The summed E-state index contributed by atoms with van der Waals surface area (Å²) in [6.45, 7) is 3.28. The lowest BCUT2D eigenvalue weighted by Crippen LogP contribution is -2.28. The maximum atomic E-state index is 13.4. The average Bonchev–Trinajstić information content (AvgIpc) is 3.50. The number of nitrogens with one attached hydrogen (secondary N) is 1. The second kappa shape index (κ2) is 8.53. The van der Waals surface area contributed by atoms with Gasteiger partial charge in [-0.1, -0.05) is 36.4 Å². The van der Waals surface area contributed by atoms with Gasteiger partial charge in [0.25, 0.3) is 10.0 Å². The van der Waals surface area contributed by atoms with Crippen LogP contribution in [0.5, 0.6) is 11.5 Å². The zero-order valence-corrected chi connectivity index (χ0v) is 20.3. The molecule has 0 atom stereocenters. The highest BCUT2D eigenvalue weighted by Crippen LogP contribution is 2.51. The molecular formula is C27H25NO6S. The van der Waals surface area contributed by atoms with Crippen molar-refractivity contribution in [2.75, 3.05) is 6.79 Å². The highest BCUT2D eigenvalue weighted by Gasteiger charge is 2.50. The normalized spacial score (nSPS) is 15.5. The third-order valence-corrected chi connectivity index (χ3v) is 8.04. The van der Waals surface area contributed by atoms with Crippen LogP contribution in [0.25, 0.3) is 11.1 Å². The predicted octanol–water partition coefficient (Wildman–Crippen LogP) is 4.06. The van der Waals surface area contributed by atoms with E-state index in [1.54, 1.807) is 6.07 Å². The second-order valence-corrected chi connectivity index (χ2v) is 10.8. The minimum atomic E-state index is -3.95. The molecule has 1 aliphatic heterocycles. The van der Waals surface area contributed by atoms with Gasteiger partial charge in [0.15, 0.2) is 11.5 Å². The van der Waals surface area contributed by atoms with Crippen molar-refractivity contribution in [3.63, 3.8) is 0 Å². The smallest absolute Gasteiger partial charge is 0.264 e. The minimum Gasteiger partial charge on any atom is -0.454 e. The van der Waals surface area contributed by atoms with Gasteiger partial charge in [-0.05, 0) is 71.8 Å². The van der Waals surface area contributed by atoms with E-state index < -0.39 is 21.3 Å². The molecule has 0 unspecified atom stereocenters. The van der Waals surface area contributed by atoms with E-state index in [0.717, 1.165) is 42.0 Å². The number of rotatable bonds is 7. The van der Waals surface area contributed by atoms with Crippen LogP contribution in [0, 0.1) is 6.92 Å². The summed E-state index contributed by atoms with van der Waals surface area (Å²) in [7, 11) is -3.95. The Balaban J connectivity index is 1.41. The van der Waals surface area contributed by atoms with Gasteiger partial charge >= 0.3 is 0 Å². The highest BCUT2D eigenvalue weighted by molar-refractivity contribution is 7.90. The Labute approximate surface area is 204 Å². The lowest BCUT2D eigenvalue weighted by atomic mass is 9.87. The minimum absolute atomic E-state index is 0.00539. The van der Waals surface area contributed by atoms with Crippen molar-refractivity contribution >= 4 is 21.7 Å². The van der Waals surface area contributed by atoms with Crippen molar-refractivity contribution in [3.8, 4) is 22.6 Å². The first-order valence-electron chi connectivity index (χ1n) is 11.3. The van der Waals surface area contributed by atoms with Crippen LogP contribution in [-0.2, 0) is 31.4 Å². The molecule has 0 bridgehead atoms. The van der Waals surface area contributed by atoms with Crippen LogP contribution in [0.4, 0.5) is 0 Å². The van der Waals surface area contributed by atoms with Gasteiger partial charge in [0, 0.05) is 13.3 Å². The summed E-state index contributed by atoms with van der Waals surface area (Å²) in [5, 5.41) is 0. The molecule has 35 heavy (non-hydrogen) atoms. The molecule has 7 nitrogen and oxygen atoms in total. The Morgan fingerprint density at radius 1 is 0.971 bits per heavy atom. The number of carbonyl (C=O) groups is 2. The van der Waals surface area contributed by atoms with Gasteiger partial charge in [0.1, 0.15) is 5.78 Å². The Morgan fingerprint density at radius 3 is 2.49 bits per heavy atom. The average molecular weight is 492 g/mol. The predicted molar refractivity (Wildman–Crippen MR) is 130 cm³/mol. The van der Waals surface area contributed by atoms with Gasteiger partial charge in [-0.15, -0.1) is 0 Å². The van der Waals surface area contributed by atoms with E-state index in [1.165, 1.54) is 12.1 Å². The molecule has 2 aliphatic rings. The molecule has 0 saturated heterocycles. The van der Waals surface area contributed by atoms with Crippen LogP contribution in [0.3, 0.4) is 0 Å². The Hall–Kier alpha value is -3.65. The van der Waals surface area contributed by atoms with Crippen LogP contribution < -0.4 is 14.2 Å². The SMILES string of the molecule is CC(=O)NS(=O)(=O)c1cccc(-c2cc(CC(=O)C3(c4ccc5c(c4)OCO5)CC3)ccc2C)c1. The molecule has 1 N–H and O–H groups in total. The number of hydrogen-bond donors (Lipinski definition) is 1. The molecule has 8 heteroatoms. The van der Waals surface area contributed by atoms with E-state index in [0.29, 0.717) is 17.1 Å². The Morgan fingerprint density at radius 2 is 1.74 bits per heavy atom. The molecule has 0 spiro atoms. The van der Waals surface area contributed by atoms with Gasteiger partial charge in [-0.3, -0.25) is 9.59 Å². The summed E-state index contributed by atoms with van der Waals surface area (Å²) in [6.07, 6.45) is 1.87. The molecule has 1 fully saturated rings. The molecule has 1 amide bonds. The summed E-state index contributed by atoms with van der Waals surface area (Å²) in [5.74, 6) is 0.868. The van der Waals surface area contributed by atoms with Crippen molar-refractivity contribution in [2.45, 2.75) is 43.4 Å². The van der Waals surface area contributed by atoms with Gasteiger partial charge < -0.3 is 9.47 Å². The van der Waals surface area contributed by atoms with Crippen LogP contribution >= 0.6 is 0 Å². The molecule has 180 valence electrons. The number of Topliss-reactive ketones (excluding diaryl/α,β-unsaturated/α-hetero) is 1. The highest BCUT2D eigenvalue weighted by atomic mass is 32.2. The summed E-state index contributed by atoms with van der Waals surface area (Å²) in [6, 6.07) is 18.0. The topological polar surface area (TPSA) is 98.8 Å². The lowest BCUT2D eigenvalue weighted by molar-refractivity contribution is -0.121. The second-order valence-electron chi connectivity index (χ2n) is 9.09. The standard InChI is InChI=1S/C27H25NO6S/c1-17-6-7-19(12-23(17)20-4-3-5-22(14-20)35(31,32)28-18(2)29)13-26(30)27(10-11-27)21-8-9-24-25(15-21)34-16-33-24/h3-9,12,14-15H,10-11,13,16H2,1-2H3,(H,28,29). The summed E-state index contributed by atoms with van der Waals surface area (Å²) >= 11 is 0. The summed E-state index contributed by atoms with van der Waals surface area (Å²) in [4.78, 5) is 24.7. The quantitative estimate of drug-likeness (QED) is 0.535. The molecular weight excluding hydrogens is 466 g/mol. The zero-order chi connectivity index (χ0) is 24.8. The molecule has 1 aliphatic carbocycles. The van der Waals surface area contributed by atoms with Crippen molar-refractivity contribution in [3.05, 3.63) is 77.4 Å². The van der Waals surface area contributed by atoms with Crippen LogP contribution in [0.15, 0.2) is 65.6 Å². The van der Waals surface area contributed by atoms with E-state index in [9.17, 15) is 18.0 Å². The van der Waals surface area contributed by atoms with E-state index in [-0.39, 0.29) is 23.9 Å².